The van der Waals surface area contributed by atoms with Gasteiger partial charge in [0, 0.05) is 24.1 Å². The van der Waals surface area contributed by atoms with Crippen LogP contribution in [0.4, 0.5) is 5.13 Å². The Bertz CT molecular complexity index is 840. The molecule has 0 saturated carbocycles. The molecular weight excluding hydrogens is 330 g/mol. The Morgan fingerprint density at radius 2 is 1.78 bits per heavy atom. The van der Waals surface area contributed by atoms with Gasteiger partial charge in [0.2, 0.25) is 0 Å². The summed E-state index contributed by atoms with van der Waals surface area (Å²) in [5.74, 6) is -0.439. The molecule has 0 unspecified atom stereocenters. The second-order valence-corrected chi connectivity index (χ2v) is 6.64. The summed E-state index contributed by atoms with van der Waals surface area (Å²) < 4.78 is 0. The highest BCUT2D eigenvalue weighted by molar-refractivity contribution is 7.14. The van der Waals surface area contributed by atoms with Crippen molar-refractivity contribution in [2.75, 3.05) is 5.32 Å². The van der Waals surface area contributed by atoms with Gasteiger partial charge in [-0.05, 0) is 5.56 Å². The van der Waals surface area contributed by atoms with E-state index in [4.69, 9.17) is 0 Å². The summed E-state index contributed by atoms with van der Waals surface area (Å²) in [7, 11) is 0. The van der Waals surface area contributed by atoms with Crippen LogP contribution in [-0.2, 0) is 6.42 Å². The molecule has 0 aliphatic heterocycles. The van der Waals surface area contributed by atoms with Gasteiger partial charge in [-0.15, -0.1) is 22.7 Å². The lowest BCUT2D eigenvalue weighted by molar-refractivity contribution is 0.100. The van der Waals surface area contributed by atoms with Crippen molar-refractivity contribution in [3.63, 3.8) is 0 Å². The number of carbonyl (C=O) groups excluding carboxylic acids is 2. The van der Waals surface area contributed by atoms with Gasteiger partial charge in [0.1, 0.15) is 11.4 Å². The third-order valence-electron chi connectivity index (χ3n) is 3.07. The average Bonchev–Trinajstić information content (AvgIpc) is 3.18. The van der Waals surface area contributed by atoms with Gasteiger partial charge in [-0.3, -0.25) is 14.9 Å². The van der Waals surface area contributed by atoms with E-state index in [-0.39, 0.29) is 11.7 Å². The van der Waals surface area contributed by atoms with Crippen molar-refractivity contribution >= 4 is 39.5 Å². The Morgan fingerprint density at radius 3 is 2.48 bits per heavy atom. The van der Waals surface area contributed by atoms with Crippen LogP contribution >= 0.6 is 22.7 Å². The summed E-state index contributed by atoms with van der Waals surface area (Å²) in [4.78, 5) is 31.8. The molecule has 7 heteroatoms. The third-order valence-corrected chi connectivity index (χ3v) is 4.67. The summed E-state index contributed by atoms with van der Waals surface area (Å²) in [5.41, 5.74) is 1.87. The van der Waals surface area contributed by atoms with Crippen molar-refractivity contribution < 1.29 is 9.59 Å². The minimum atomic E-state index is -0.315. The number of thiazole rings is 2. The molecule has 116 valence electrons. The number of ketones is 1. The fraction of sp³-hybridized carbons (Fsp3) is 0.125. The molecule has 1 amide bonds. The maximum atomic E-state index is 12.2. The summed E-state index contributed by atoms with van der Waals surface area (Å²) >= 11 is 2.67. The molecule has 5 nitrogen and oxygen atoms in total. The first-order valence-corrected chi connectivity index (χ1v) is 8.64. The molecule has 0 bridgehead atoms. The van der Waals surface area contributed by atoms with Crippen molar-refractivity contribution in [3.8, 4) is 0 Å². The summed E-state index contributed by atoms with van der Waals surface area (Å²) in [6.45, 7) is 1.44. The Morgan fingerprint density at radius 1 is 1.04 bits per heavy atom. The lowest BCUT2D eigenvalue weighted by Crippen LogP contribution is -2.12. The molecule has 1 N–H and O–H groups in total. The lowest BCUT2D eigenvalue weighted by Gasteiger charge is -1.98. The highest BCUT2D eigenvalue weighted by atomic mass is 32.1. The van der Waals surface area contributed by atoms with E-state index in [2.05, 4.69) is 15.3 Å². The summed E-state index contributed by atoms with van der Waals surface area (Å²) in [5, 5.41) is 7.31. The molecule has 0 aliphatic rings. The number of hydrogen-bond acceptors (Lipinski definition) is 6. The van der Waals surface area contributed by atoms with Crippen molar-refractivity contribution in [1.82, 2.24) is 9.97 Å². The van der Waals surface area contributed by atoms with Crippen LogP contribution in [0.25, 0.3) is 0 Å². The molecule has 1 aromatic carbocycles. The lowest BCUT2D eigenvalue weighted by atomic mass is 10.2. The molecular formula is C16H13N3O2S2. The first-order chi connectivity index (χ1) is 11.1. The Hall–Kier alpha value is -2.38. The molecule has 3 aromatic rings. The van der Waals surface area contributed by atoms with E-state index in [0.29, 0.717) is 22.9 Å². The Balaban J connectivity index is 1.67. The minimum Gasteiger partial charge on any atom is -0.296 e. The predicted molar refractivity (Wildman–Crippen MR) is 91.4 cm³/mol. The number of Topliss-reactive ketones (excluding diaryl/α,β-unsaturated/α-hetero) is 1. The molecule has 3 rings (SSSR count). The molecule has 0 radical (unpaired) electrons. The molecule has 0 fully saturated rings. The Labute approximate surface area is 141 Å². The number of hydrogen-bond donors (Lipinski definition) is 1. The maximum Gasteiger partial charge on any atom is 0.276 e. The number of rotatable bonds is 5. The van der Waals surface area contributed by atoms with E-state index in [0.717, 1.165) is 10.6 Å². The van der Waals surface area contributed by atoms with Gasteiger partial charge in [0.05, 0.1) is 5.01 Å². The zero-order valence-corrected chi connectivity index (χ0v) is 13.9. The van der Waals surface area contributed by atoms with E-state index >= 15 is 0 Å². The van der Waals surface area contributed by atoms with Crippen LogP contribution in [0.3, 0.4) is 0 Å². The van der Waals surface area contributed by atoms with Crippen molar-refractivity contribution in [1.29, 1.82) is 0 Å². The summed E-state index contributed by atoms with van der Waals surface area (Å²) in [6.07, 6.45) is 0.699. The highest BCUT2D eigenvalue weighted by Crippen LogP contribution is 2.19. The molecule has 2 aromatic heterocycles. The molecule has 0 saturated heterocycles. The van der Waals surface area contributed by atoms with Gasteiger partial charge in [-0.2, -0.15) is 0 Å². The first-order valence-electron chi connectivity index (χ1n) is 6.88. The van der Waals surface area contributed by atoms with Crippen LogP contribution in [0.1, 0.15) is 38.5 Å². The van der Waals surface area contributed by atoms with E-state index in [1.54, 1.807) is 10.8 Å². The van der Waals surface area contributed by atoms with Crippen LogP contribution in [0.2, 0.25) is 0 Å². The second-order valence-electron chi connectivity index (χ2n) is 4.84. The monoisotopic (exact) mass is 343 g/mol. The average molecular weight is 343 g/mol. The van der Waals surface area contributed by atoms with Crippen LogP contribution in [-0.4, -0.2) is 21.7 Å². The largest absolute Gasteiger partial charge is 0.296 e. The van der Waals surface area contributed by atoms with Gasteiger partial charge in [-0.25, -0.2) is 9.97 Å². The van der Waals surface area contributed by atoms with Crippen LogP contribution in [0.5, 0.6) is 0 Å². The fourth-order valence-corrected chi connectivity index (χ4v) is 3.47. The molecule has 0 atom stereocenters. The van der Waals surface area contributed by atoms with E-state index < -0.39 is 0 Å². The quantitative estimate of drug-likeness (QED) is 0.718. The topological polar surface area (TPSA) is 72.0 Å². The van der Waals surface area contributed by atoms with Crippen molar-refractivity contribution in [2.45, 2.75) is 13.3 Å². The van der Waals surface area contributed by atoms with Gasteiger partial charge in [0.15, 0.2) is 10.9 Å². The van der Waals surface area contributed by atoms with Gasteiger partial charge in [-0.1, -0.05) is 30.3 Å². The van der Waals surface area contributed by atoms with E-state index in [1.807, 2.05) is 30.3 Å². The molecule has 0 spiro atoms. The van der Waals surface area contributed by atoms with Crippen molar-refractivity contribution in [3.05, 3.63) is 63.1 Å². The molecule has 23 heavy (non-hydrogen) atoms. The highest BCUT2D eigenvalue weighted by Gasteiger charge is 2.14. The van der Waals surface area contributed by atoms with E-state index in [9.17, 15) is 9.59 Å². The number of nitrogens with one attached hydrogen (secondary N) is 1. The smallest absolute Gasteiger partial charge is 0.276 e. The number of carbonyl (C=O) groups is 2. The van der Waals surface area contributed by atoms with Crippen molar-refractivity contribution in [2.24, 2.45) is 0 Å². The zero-order valence-electron chi connectivity index (χ0n) is 12.3. The predicted octanol–water partition coefficient (Wildman–Crippen LogP) is 3.65. The van der Waals surface area contributed by atoms with Gasteiger partial charge in [0.25, 0.3) is 5.91 Å². The summed E-state index contributed by atoms with van der Waals surface area (Å²) in [6, 6.07) is 9.98. The number of anilines is 1. The van der Waals surface area contributed by atoms with Crippen LogP contribution < -0.4 is 5.32 Å². The fourth-order valence-electron chi connectivity index (χ4n) is 1.92. The van der Waals surface area contributed by atoms with Gasteiger partial charge < -0.3 is 0 Å². The van der Waals surface area contributed by atoms with Gasteiger partial charge >= 0.3 is 0 Å². The van der Waals surface area contributed by atoms with E-state index in [1.165, 1.54) is 29.6 Å². The number of nitrogens with zero attached hydrogens (tertiary/aromatic N) is 2. The minimum absolute atomic E-state index is 0.124. The Kier molecular flexibility index (Phi) is 4.59. The number of amides is 1. The first kappa shape index (κ1) is 15.5. The SMILES string of the molecule is CC(=O)c1csc(NC(=O)c2csc(Cc3ccccc3)n2)n1. The van der Waals surface area contributed by atoms with Crippen LogP contribution in [0, 0.1) is 0 Å². The molecule has 0 aliphatic carbocycles. The third kappa shape index (κ3) is 3.88. The standard InChI is InChI=1S/C16H13N3O2S2/c1-10(20)12-8-23-16(18-12)19-15(21)13-9-22-14(17-13)7-11-5-3-2-4-6-11/h2-6,8-9H,7H2,1H3,(H,18,19,21). The molecule has 2 heterocycles. The van der Waals surface area contributed by atoms with Crippen LogP contribution in [0.15, 0.2) is 41.1 Å². The second kappa shape index (κ2) is 6.80. The number of aromatic nitrogens is 2. The maximum absolute atomic E-state index is 12.2. The normalized spacial score (nSPS) is 10.5. The zero-order chi connectivity index (χ0) is 16.2. The number of benzene rings is 1.